The zero-order valence-electron chi connectivity index (χ0n) is 8.41. The molecule has 0 N–H and O–H groups in total. The maximum Gasteiger partial charge on any atom is 0.177 e. The number of halogens is 2. The van der Waals surface area contributed by atoms with Crippen LogP contribution in [0.4, 0.5) is 0 Å². The zero-order chi connectivity index (χ0) is 11.0. The molecule has 2 rings (SSSR count). The van der Waals surface area contributed by atoms with Crippen molar-refractivity contribution in [3.8, 4) is 0 Å². The van der Waals surface area contributed by atoms with E-state index in [0.717, 1.165) is 11.3 Å². The molecule has 0 fully saturated rings. The van der Waals surface area contributed by atoms with Crippen LogP contribution < -0.4 is 0 Å². The Morgan fingerprint density at radius 1 is 1.53 bits per heavy atom. The summed E-state index contributed by atoms with van der Waals surface area (Å²) in [6.45, 7) is 3.83. The molecule has 0 saturated carbocycles. The van der Waals surface area contributed by atoms with Crippen LogP contribution in [0, 0.1) is 6.92 Å². The number of aryl methyl sites for hydroxylation is 1. The summed E-state index contributed by atoms with van der Waals surface area (Å²) in [5.41, 5.74) is 2.46. The summed E-state index contributed by atoms with van der Waals surface area (Å²) in [5.74, 6) is 0. The van der Waals surface area contributed by atoms with Crippen LogP contribution in [0.3, 0.4) is 0 Å². The number of fused-ring (bicyclic) bond motifs is 1. The van der Waals surface area contributed by atoms with Gasteiger partial charge in [-0.15, -0.1) is 16.7 Å². The fourth-order valence-corrected chi connectivity index (χ4v) is 1.96. The Morgan fingerprint density at radius 2 is 2.27 bits per heavy atom. The Balaban J connectivity index is 2.61. The van der Waals surface area contributed by atoms with Gasteiger partial charge in [-0.25, -0.2) is 4.98 Å². The first-order valence-corrected chi connectivity index (χ1v) is 5.40. The molecule has 4 nitrogen and oxygen atoms in total. The SMILES string of the molecule is Cc1nc2cnnn2c(Cl)c1CC(C)Cl. The highest BCUT2D eigenvalue weighted by Crippen LogP contribution is 2.21. The molecule has 0 aliphatic heterocycles. The van der Waals surface area contributed by atoms with Gasteiger partial charge in [-0.2, -0.15) is 4.52 Å². The van der Waals surface area contributed by atoms with Gasteiger partial charge in [0.2, 0.25) is 0 Å². The van der Waals surface area contributed by atoms with Crippen LogP contribution >= 0.6 is 23.2 Å². The molecular weight excluding hydrogens is 235 g/mol. The number of hydrogen-bond acceptors (Lipinski definition) is 3. The van der Waals surface area contributed by atoms with Crippen molar-refractivity contribution in [1.29, 1.82) is 0 Å². The summed E-state index contributed by atoms with van der Waals surface area (Å²) in [7, 11) is 0. The summed E-state index contributed by atoms with van der Waals surface area (Å²) in [5, 5.41) is 8.17. The Hall–Kier alpha value is -0.870. The third-order valence-electron chi connectivity index (χ3n) is 2.17. The number of rotatable bonds is 2. The third-order valence-corrected chi connectivity index (χ3v) is 2.71. The molecule has 0 saturated heterocycles. The van der Waals surface area contributed by atoms with Crippen molar-refractivity contribution in [3.05, 3.63) is 22.6 Å². The third kappa shape index (κ3) is 1.92. The Kier molecular flexibility index (Phi) is 2.80. The molecule has 0 amide bonds. The summed E-state index contributed by atoms with van der Waals surface area (Å²) in [4.78, 5) is 4.34. The van der Waals surface area contributed by atoms with E-state index < -0.39 is 0 Å². The molecule has 15 heavy (non-hydrogen) atoms. The van der Waals surface area contributed by atoms with Crippen molar-refractivity contribution in [2.45, 2.75) is 25.6 Å². The maximum absolute atomic E-state index is 6.19. The highest BCUT2D eigenvalue weighted by molar-refractivity contribution is 6.30. The maximum atomic E-state index is 6.19. The standard InChI is InChI=1S/C9H10Cl2N4/c1-5(10)3-7-6(2)13-8-4-12-14-15(8)9(7)11/h4-5H,3H2,1-2H3. The summed E-state index contributed by atoms with van der Waals surface area (Å²) in [6.07, 6.45) is 2.25. The van der Waals surface area contributed by atoms with Crippen LogP contribution in [0.1, 0.15) is 18.2 Å². The summed E-state index contributed by atoms with van der Waals surface area (Å²) >= 11 is 12.1. The largest absolute Gasteiger partial charge is 0.232 e. The van der Waals surface area contributed by atoms with E-state index in [0.29, 0.717) is 17.2 Å². The van der Waals surface area contributed by atoms with E-state index in [1.54, 1.807) is 6.20 Å². The quantitative estimate of drug-likeness (QED) is 0.602. The minimum Gasteiger partial charge on any atom is -0.232 e. The fraction of sp³-hybridized carbons (Fsp3) is 0.444. The van der Waals surface area contributed by atoms with Crippen LogP contribution in [0.15, 0.2) is 6.20 Å². The van der Waals surface area contributed by atoms with Crippen molar-refractivity contribution < 1.29 is 0 Å². The van der Waals surface area contributed by atoms with Gasteiger partial charge in [-0.1, -0.05) is 16.8 Å². The normalized spacial score (nSPS) is 13.3. The van der Waals surface area contributed by atoms with Gasteiger partial charge in [0.25, 0.3) is 0 Å². The van der Waals surface area contributed by atoms with Crippen LogP contribution in [-0.2, 0) is 6.42 Å². The average Bonchev–Trinajstić information content (AvgIpc) is 2.59. The second kappa shape index (κ2) is 3.94. The van der Waals surface area contributed by atoms with E-state index in [4.69, 9.17) is 23.2 Å². The monoisotopic (exact) mass is 244 g/mol. The van der Waals surface area contributed by atoms with Crippen molar-refractivity contribution in [2.24, 2.45) is 0 Å². The summed E-state index contributed by atoms with van der Waals surface area (Å²) in [6, 6.07) is 0. The highest BCUT2D eigenvalue weighted by atomic mass is 35.5. The van der Waals surface area contributed by atoms with E-state index in [-0.39, 0.29) is 5.38 Å². The number of nitrogens with zero attached hydrogens (tertiary/aromatic N) is 4. The molecule has 2 heterocycles. The molecule has 80 valence electrons. The van der Waals surface area contributed by atoms with E-state index >= 15 is 0 Å². The van der Waals surface area contributed by atoms with E-state index in [2.05, 4.69) is 15.3 Å². The predicted molar refractivity (Wildman–Crippen MR) is 59.5 cm³/mol. The lowest BCUT2D eigenvalue weighted by atomic mass is 10.1. The molecule has 1 unspecified atom stereocenters. The van der Waals surface area contributed by atoms with Gasteiger partial charge >= 0.3 is 0 Å². The number of hydrogen-bond donors (Lipinski definition) is 0. The predicted octanol–water partition coefficient (Wildman–Crippen LogP) is 2.26. The second-order valence-corrected chi connectivity index (χ2v) is 4.56. The lowest BCUT2D eigenvalue weighted by Crippen LogP contribution is -2.06. The van der Waals surface area contributed by atoms with Crippen LogP contribution in [-0.4, -0.2) is 25.2 Å². The van der Waals surface area contributed by atoms with Crippen LogP contribution in [0.2, 0.25) is 5.15 Å². The lowest BCUT2D eigenvalue weighted by molar-refractivity contribution is 0.814. The summed E-state index contributed by atoms with van der Waals surface area (Å²) < 4.78 is 1.52. The first kappa shape index (κ1) is 10.6. The highest BCUT2D eigenvalue weighted by Gasteiger charge is 2.13. The first-order valence-electron chi connectivity index (χ1n) is 4.59. The molecule has 0 aliphatic rings. The molecule has 0 bridgehead atoms. The van der Waals surface area contributed by atoms with Gasteiger partial charge in [-0.05, 0) is 20.3 Å². The molecular formula is C9H10Cl2N4. The minimum absolute atomic E-state index is 0.0176. The van der Waals surface area contributed by atoms with Crippen molar-refractivity contribution >= 4 is 28.8 Å². The van der Waals surface area contributed by atoms with E-state index in [1.165, 1.54) is 4.52 Å². The molecule has 0 spiro atoms. The molecule has 6 heteroatoms. The van der Waals surface area contributed by atoms with Gasteiger partial charge < -0.3 is 0 Å². The van der Waals surface area contributed by atoms with Crippen LogP contribution in [0.5, 0.6) is 0 Å². The number of alkyl halides is 1. The van der Waals surface area contributed by atoms with Crippen molar-refractivity contribution in [3.63, 3.8) is 0 Å². The molecule has 0 radical (unpaired) electrons. The molecule has 0 aromatic carbocycles. The molecule has 1 atom stereocenters. The smallest absolute Gasteiger partial charge is 0.177 e. The van der Waals surface area contributed by atoms with Gasteiger partial charge in [0.1, 0.15) is 5.15 Å². The topological polar surface area (TPSA) is 43.1 Å². The Morgan fingerprint density at radius 3 is 2.93 bits per heavy atom. The van der Waals surface area contributed by atoms with E-state index in [9.17, 15) is 0 Å². The Labute approximate surface area is 97.2 Å². The second-order valence-electron chi connectivity index (χ2n) is 3.46. The first-order chi connectivity index (χ1) is 7.09. The van der Waals surface area contributed by atoms with Crippen molar-refractivity contribution in [2.75, 3.05) is 0 Å². The Bertz CT molecular complexity index is 492. The van der Waals surface area contributed by atoms with E-state index in [1.807, 2.05) is 13.8 Å². The fourth-order valence-electron chi connectivity index (χ4n) is 1.48. The van der Waals surface area contributed by atoms with Crippen molar-refractivity contribution in [1.82, 2.24) is 19.8 Å². The number of aromatic nitrogens is 4. The van der Waals surface area contributed by atoms with Gasteiger partial charge in [0, 0.05) is 16.6 Å². The molecule has 0 aliphatic carbocycles. The minimum atomic E-state index is 0.0176. The molecule has 2 aromatic rings. The zero-order valence-corrected chi connectivity index (χ0v) is 9.92. The van der Waals surface area contributed by atoms with Gasteiger partial charge in [0.15, 0.2) is 5.65 Å². The lowest BCUT2D eigenvalue weighted by Gasteiger charge is -2.09. The van der Waals surface area contributed by atoms with Gasteiger partial charge in [-0.3, -0.25) is 0 Å². The molecule has 2 aromatic heterocycles. The van der Waals surface area contributed by atoms with Crippen LogP contribution in [0.25, 0.3) is 5.65 Å². The average molecular weight is 245 g/mol. The van der Waals surface area contributed by atoms with Gasteiger partial charge in [0.05, 0.1) is 6.20 Å².